The average Bonchev–Trinajstić information content (AvgIpc) is 2.46. The van der Waals surface area contributed by atoms with E-state index in [-0.39, 0.29) is 13.2 Å². The van der Waals surface area contributed by atoms with Crippen molar-refractivity contribution in [2.45, 2.75) is 13.2 Å². The third-order valence-corrected chi connectivity index (χ3v) is 4.56. The maximum absolute atomic E-state index is 12.0. The third kappa shape index (κ3) is 5.29. The SMILES string of the molecule is O=P(Br)(OCc1ccccc1)OCc1ccccc1. The predicted octanol–water partition coefficient (Wildman–Crippen LogP) is 4.92. The van der Waals surface area contributed by atoms with Crippen molar-refractivity contribution in [3.63, 3.8) is 0 Å². The van der Waals surface area contributed by atoms with E-state index in [2.05, 4.69) is 15.5 Å². The summed E-state index contributed by atoms with van der Waals surface area (Å²) in [5, 5.41) is 0. The van der Waals surface area contributed by atoms with E-state index < -0.39 is 6.30 Å². The van der Waals surface area contributed by atoms with E-state index in [9.17, 15) is 4.57 Å². The first kappa shape index (κ1) is 14.5. The number of benzene rings is 2. The molecule has 0 amide bonds. The molecule has 0 aliphatic heterocycles. The van der Waals surface area contributed by atoms with Gasteiger partial charge in [-0.3, -0.25) is 9.05 Å². The molecule has 100 valence electrons. The number of hydrogen-bond acceptors (Lipinski definition) is 3. The minimum absolute atomic E-state index is 0.248. The lowest BCUT2D eigenvalue weighted by atomic mass is 10.2. The molecule has 0 unspecified atom stereocenters. The fourth-order valence-electron chi connectivity index (χ4n) is 1.49. The second kappa shape index (κ2) is 7.01. The zero-order chi connectivity index (χ0) is 13.6. The summed E-state index contributed by atoms with van der Waals surface area (Å²) >= 11 is 3.01. The van der Waals surface area contributed by atoms with Crippen molar-refractivity contribution >= 4 is 21.8 Å². The fraction of sp³-hybridized carbons (Fsp3) is 0.143. The van der Waals surface area contributed by atoms with Gasteiger partial charge >= 0.3 is 6.30 Å². The molecule has 2 rings (SSSR count). The molecule has 0 atom stereocenters. The third-order valence-electron chi connectivity index (χ3n) is 2.46. The van der Waals surface area contributed by atoms with Gasteiger partial charge in [0.05, 0.1) is 13.2 Å². The summed E-state index contributed by atoms with van der Waals surface area (Å²) in [6.45, 7) is 0.496. The summed E-state index contributed by atoms with van der Waals surface area (Å²) in [5.74, 6) is 0. The van der Waals surface area contributed by atoms with Gasteiger partial charge < -0.3 is 0 Å². The highest BCUT2D eigenvalue weighted by molar-refractivity contribution is 9.39. The van der Waals surface area contributed by atoms with E-state index in [1.54, 1.807) is 0 Å². The first-order valence-corrected chi connectivity index (χ1v) is 9.38. The van der Waals surface area contributed by atoms with Gasteiger partial charge in [0.25, 0.3) is 0 Å². The molecule has 0 heterocycles. The van der Waals surface area contributed by atoms with Crippen LogP contribution in [0.4, 0.5) is 0 Å². The number of halogens is 1. The second-order valence-electron chi connectivity index (χ2n) is 3.95. The summed E-state index contributed by atoms with van der Waals surface area (Å²) in [5.41, 5.74) is 1.90. The normalized spacial score (nSPS) is 11.4. The fourth-order valence-corrected chi connectivity index (χ4v) is 2.78. The van der Waals surface area contributed by atoms with Crippen molar-refractivity contribution in [2.24, 2.45) is 0 Å². The van der Waals surface area contributed by atoms with Gasteiger partial charge in [0.1, 0.15) is 0 Å². The molecule has 3 nitrogen and oxygen atoms in total. The minimum atomic E-state index is -3.21. The topological polar surface area (TPSA) is 35.5 Å². The lowest BCUT2D eigenvalue weighted by Gasteiger charge is -2.12. The van der Waals surface area contributed by atoms with Crippen LogP contribution in [0.5, 0.6) is 0 Å². The molecule has 0 radical (unpaired) electrons. The van der Waals surface area contributed by atoms with Crippen molar-refractivity contribution < 1.29 is 13.6 Å². The zero-order valence-corrected chi connectivity index (χ0v) is 12.7. The van der Waals surface area contributed by atoms with Crippen LogP contribution in [0.2, 0.25) is 0 Å². The lowest BCUT2D eigenvalue weighted by molar-refractivity contribution is 0.208. The standard InChI is InChI=1S/C14H14BrO3P/c15-19(16,17-11-13-7-3-1-4-8-13)18-12-14-9-5-2-6-10-14/h1-10H,11-12H2. The smallest absolute Gasteiger partial charge is 0.296 e. The molecule has 2 aromatic carbocycles. The molecule has 0 bridgehead atoms. The molecule has 0 aliphatic rings. The van der Waals surface area contributed by atoms with Crippen LogP contribution in [0.3, 0.4) is 0 Å². The Bertz CT molecular complexity index is 498. The molecule has 0 saturated heterocycles. The van der Waals surface area contributed by atoms with Crippen molar-refractivity contribution in [1.29, 1.82) is 0 Å². The van der Waals surface area contributed by atoms with E-state index in [1.807, 2.05) is 60.7 Å². The monoisotopic (exact) mass is 340 g/mol. The number of rotatable bonds is 6. The van der Waals surface area contributed by atoms with Crippen LogP contribution in [0.1, 0.15) is 11.1 Å². The summed E-state index contributed by atoms with van der Waals surface area (Å²) in [4.78, 5) is 0. The predicted molar refractivity (Wildman–Crippen MR) is 79.0 cm³/mol. The minimum Gasteiger partial charge on any atom is -0.296 e. The quantitative estimate of drug-likeness (QED) is 0.700. The molecule has 0 saturated carbocycles. The first-order valence-electron chi connectivity index (χ1n) is 5.82. The molecule has 19 heavy (non-hydrogen) atoms. The summed E-state index contributed by atoms with van der Waals surface area (Å²) in [6.07, 6.45) is -3.21. The van der Waals surface area contributed by atoms with Crippen LogP contribution in [0.25, 0.3) is 0 Å². The van der Waals surface area contributed by atoms with Crippen molar-refractivity contribution in [2.75, 3.05) is 0 Å². The molecule has 0 N–H and O–H groups in total. The van der Waals surface area contributed by atoms with Crippen LogP contribution in [0, 0.1) is 0 Å². The Morgan fingerprint density at radius 1 is 0.789 bits per heavy atom. The van der Waals surface area contributed by atoms with Gasteiger partial charge in [0.15, 0.2) is 0 Å². The van der Waals surface area contributed by atoms with E-state index in [1.165, 1.54) is 0 Å². The van der Waals surface area contributed by atoms with Crippen molar-refractivity contribution in [1.82, 2.24) is 0 Å². The van der Waals surface area contributed by atoms with Gasteiger partial charge in [-0.2, -0.15) is 0 Å². The summed E-state index contributed by atoms with van der Waals surface area (Å²) in [7, 11) is 0. The van der Waals surface area contributed by atoms with Crippen LogP contribution in [-0.4, -0.2) is 0 Å². The van der Waals surface area contributed by atoms with Crippen molar-refractivity contribution in [3.8, 4) is 0 Å². The Kier molecular flexibility index (Phi) is 5.34. The van der Waals surface area contributed by atoms with E-state index >= 15 is 0 Å². The molecule has 0 aromatic heterocycles. The molecule has 0 spiro atoms. The molecular formula is C14H14BrO3P. The van der Waals surface area contributed by atoms with Crippen LogP contribution in [0.15, 0.2) is 60.7 Å². The van der Waals surface area contributed by atoms with Gasteiger partial charge in [0, 0.05) is 15.5 Å². The lowest BCUT2D eigenvalue weighted by Crippen LogP contribution is -1.93. The Hall–Kier alpha value is -0.930. The van der Waals surface area contributed by atoms with Gasteiger partial charge in [-0.25, -0.2) is 4.57 Å². The van der Waals surface area contributed by atoms with E-state index in [0.717, 1.165) is 11.1 Å². The molecule has 5 heteroatoms. The van der Waals surface area contributed by atoms with Crippen LogP contribution < -0.4 is 0 Å². The molecular weight excluding hydrogens is 327 g/mol. The van der Waals surface area contributed by atoms with E-state index in [0.29, 0.717) is 0 Å². The zero-order valence-electron chi connectivity index (χ0n) is 10.2. The Labute approximate surface area is 120 Å². The van der Waals surface area contributed by atoms with Crippen LogP contribution >= 0.6 is 21.8 Å². The average molecular weight is 341 g/mol. The Morgan fingerprint density at radius 2 is 1.16 bits per heavy atom. The maximum atomic E-state index is 12.0. The molecule has 0 aliphatic carbocycles. The van der Waals surface area contributed by atoms with Gasteiger partial charge in [-0.1, -0.05) is 60.7 Å². The maximum Gasteiger partial charge on any atom is 0.396 e. The second-order valence-corrected chi connectivity index (χ2v) is 7.93. The Morgan fingerprint density at radius 3 is 1.53 bits per heavy atom. The number of hydrogen-bond donors (Lipinski definition) is 0. The van der Waals surface area contributed by atoms with Gasteiger partial charge in [-0.05, 0) is 11.1 Å². The first-order chi connectivity index (χ1) is 9.16. The van der Waals surface area contributed by atoms with Gasteiger partial charge in [-0.15, -0.1) is 0 Å². The summed E-state index contributed by atoms with van der Waals surface area (Å²) < 4.78 is 22.6. The Balaban J connectivity index is 1.84. The van der Waals surface area contributed by atoms with Crippen molar-refractivity contribution in [3.05, 3.63) is 71.8 Å². The molecule has 0 fully saturated rings. The summed E-state index contributed by atoms with van der Waals surface area (Å²) in [6, 6.07) is 19.1. The van der Waals surface area contributed by atoms with Gasteiger partial charge in [0.2, 0.25) is 0 Å². The molecule has 2 aromatic rings. The largest absolute Gasteiger partial charge is 0.396 e. The highest BCUT2D eigenvalue weighted by atomic mass is 79.9. The highest BCUT2D eigenvalue weighted by Gasteiger charge is 2.20. The van der Waals surface area contributed by atoms with E-state index in [4.69, 9.17) is 9.05 Å². The highest BCUT2D eigenvalue weighted by Crippen LogP contribution is 2.57. The van der Waals surface area contributed by atoms with Crippen LogP contribution in [-0.2, 0) is 26.8 Å².